The highest BCUT2D eigenvalue weighted by Crippen LogP contribution is 2.65. The second kappa shape index (κ2) is 4.80. The van der Waals surface area contributed by atoms with Gasteiger partial charge >= 0.3 is 0 Å². The van der Waals surface area contributed by atoms with Gasteiger partial charge in [-0.05, 0) is 55.8 Å². The summed E-state index contributed by atoms with van der Waals surface area (Å²) in [6.07, 6.45) is 6.70. The number of nitrogens with one attached hydrogen (secondary N) is 1. The molecule has 0 bridgehead atoms. The number of likely N-dealkylation sites (N-methyl/N-ethyl adjacent to an activating group) is 1. The molecule has 1 atom stereocenters. The van der Waals surface area contributed by atoms with Crippen LogP contribution in [0.5, 0.6) is 0 Å². The first-order chi connectivity index (χ1) is 10.1. The standard InChI is InChI=1S/C17H22FN3/c1-21(11-12-10-17(12)6-2-7-17)8-5-16-19-14-4-3-13(18)9-15(14)20-16/h3-4,9,12H,2,5-8,10-11H2,1H3,(H,19,20)/t12-/m0/s1. The number of benzene rings is 1. The molecule has 2 aliphatic carbocycles. The zero-order valence-corrected chi connectivity index (χ0v) is 12.5. The molecule has 2 saturated carbocycles. The lowest BCUT2D eigenvalue weighted by molar-refractivity contribution is 0.223. The number of hydrogen-bond acceptors (Lipinski definition) is 2. The third kappa shape index (κ3) is 2.46. The van der Waals surface area contributed by atoms with Crippen LogP contribution in [-0.2, 0) is 6.42 Å². The Labute approximate surface area is 124 Å². The fourth-order valence-corrected chi connectivity index (χ4v) is 3.85. The number of hydrogen-bond donors (Lipinski definition) is 1. The number of nitrogens with zero attached hydrogens (tertiary/aromatic N) is 2. The molecule has 1 N–H and O–H groups in total. The van der Waals surface area contributed by atoms with Gasteiger partial charge in [0.05, 0.1) is 11.0 Å². The molecule has 1 aromatic heterocycles. The van der Waals surface area contributed by atoms with Crippen LogP contribution < -0.4 is 0 Å². The number of aromatic nitrogens is 2. The van der Waals surface area contributed by atoms with Crippen molar-refractivity contribution in [1.29, 1.82) is 0 Å². The van der Waals surface area contributed by atoms with Crippen molar-refractivity contribution >= 4 is 11.0 Å². The Morgan fingerprint density at radius 2 is 2.29 bits per heavy atom. The monoisotopic (exact) mass is 287 g/mol. The number of imidazole rings is 1. The zero-order chi connectivity index (χ0) is 14.4. The number of halogens is 1. The van der Waals surface area contributed by atoms with E-state index in [1.807, 2.05) is 0 Å². The first kappa shape index (κ1) is 13.3. The molecule has 21 heavy (non-hydrogen) atoms. The van der Waals surface area contributed by atoms with E-state index in [0.29, 0.717) is 0 Å². The predicted octanol–water partition coefficient (Wildman–Crippen LogP) is 3.37. The first-order valence-electron chi connectivity index (χ1n) is 7.97. The topological polar surface area (TPSA) is 31.9 Å². The third-order valence-corrected chi connectivity index (χ3v) is 5.46. The van der Waals surface area contributed by atoms with E-state index < -0.39 is 0 Å². The lowest BCUT2D eigenvalue weighted by Gasteiger charge is -2.28. The van der Waals surface area contributed by atoms with Gasteiger partial charge in [0.15, 0.2) is 0 Å². The van der Waals surface area contributed by atoms with E-state index in [1.54, 1.807) is 6.07 Å². The van der Waals surface area contributed by atoms with Crippen molar-refractivity contribution in [2.75, 3.05) is 20.1 Å². The molecular weight excluding hydrogens is 265 g/mol. The lowest BCUT2D eigenvalue weighted by Crippen LogP contribution is -2.27. The van der Waals surface area contributed by atoms with E-state index in [9.17, 15) is 4.39 Å². The molecule has 2 aromatic rings. The Kier molecular flexibility index (Phi) is 3.03. The minimum absolute atomic E-state index is 0.214. The van der Waals surface area contributed by atoms with Crippen LogP contribution in [0.25, 0.3) is 11.0 Å². The highest BCUT2D eigenvalue weighted by Gasteiger charge is 2.57. The molecule has 1 heterocycles. The minimum atomic E-state index is -0.214. The Balaban J connectivity index is 1.32. The van der Waals surface area contributed by atoms with Crippen molar-refractivity contribution in [3.05, 3.63) is 29.8 Å². The van der Waals surface area contributed by atoms with Gasteiger partial charge in [-0.2, -0.15) is 0 Å². The molecule has 0 radical (unpaired) electrons. The summed E-state index contributed by atoms with van der Waals surface area (Å²) in [5, 5.41) is 0. The van der Waals surface area contributed by atoms with Crippen molar-refractivity contribution in [2.24, 2.45) is 11.3 Å². The fourth-order valence-electron chi connectivity index (χ4n) is 3.85. The third-order valence-electron chi connectivity index (χ3n) is 5.46. The number of fused-ring (bicyclic) bond motifs is 1. The second-order valence-corrected chi connectivity index (χ2v) is 6.97. The zero-order valence-electron chi connectivity index (χ0n) is 12.5. The van der Waals surface area contributed by atoms with Gasteiger partial charge in [-0.3, -0.25) is 0 Å². The highest BCUT2D eigenvalue weighted by atomic mass is 19.1. The quantitative estimate of drug-likeness (QED) is 0.914. The van der Waals surface area contributed by atoms with Crippen LogP contribution in [0.2, 0.25) is 0 Å². The van der Waals surface area contributed by atoms with Gasteiger partial charge in [0.25, 0.3) is 0 Å². The average Bonchev–Trinajstić information content (AvgIpc) is 3.00. The SMILES string of the molecule is CN(CCc1nc2ccc(F)cc2[nH]1)C[C@@H]1CC12CCC2. The van der Waals surface area contributed by atoms with Crippen LogP contribution in [0.1, 0.15) is 31.5 Å². The van der Waals surface area contributed by atoms with Gasteiger partial charge in [0.1, 0.15) is 11.6 Å². The van der Waals surface area contributed by atoms with Gasteiger partial charge in [-0.15, -0.1) is 0 Å². The number of rotatable bonds is 5. The molecule has 3 nitrogen and oxygen atoms in total. The Morgan fingerprint density at radius 3 is 3.00 bits per heavy atom. The summed E-state index contributed by atoms with van der Waals surface area (Å²) in [5.74, 6) is 1.67. The van der Waals surface area contributed by atoms with E-state index in [2.05, 4.69) is 21.9 Å². The van der Waals surface area contributed by atoms with Crippen molar-refractivity contribution in [3.8, 4) is 0 Å². The second-order valence-electron chi connectivity index (χ2n) is 6.97. The van der Waals surface area contributed by atoms with Gasteiger partial charge < -0.3 is 9.88 Å². The van der Waals surface area contributed by atoms with Crippen molar-refractivity contribution < 1.29 is 4.39 Å². The molecule has 0 aliphatic heterocycles. The molecule has 4 rings (SSSR count). The molecule has 0 amide bonds. The average molecular weight is 287 g/mol. The van der Waals surface area contributed by atoms with Crippen molar-refractivity contribution in [3.63, 3.8) is 0 Å². The Bertz CT molecular complexity index is 659. The van der Waals surface area contributed by atoms with E-state index >= 15 is 0 Å². The first-order valence-corrected chi connectivity index (χ1v) is 7.97. The predicted molar refractivity (Wildman–Crippen MR) is 81.6 cm³/mol. The summed E-state index contributed by atoms with van der Waals surface area (Å²) >= 11 is 0. The molecule has 1 aromatic carbocycles. The Morgan fingerprint density at radius 1 is 1.43 bits per heavy atom. The largest absolute Gasteiger partial charge is 0.342 e. The molecule has 2 aliphatic rings. The molecule has 2 fully saturated rings. The van der Waals surface area contributed by atoms with E-state index in [1.165, 1.54) is 44.4 Å². The normalized spacial score (nSPS) is 22.9. The summed E-state index contributed by atoms with van der Waals surface area (Å²) < 4.78 is 13.2. The van der Waals surface area contributed by atoms with Crippen LogP contribution in [-0.4, -0.2) is 35.0 Å². The van der Waals surface area contributed by atoms with Crippen LogP contribution in [0, 0.1) is 17.2 Å². The van der Waals surface area contributed by atoms with Crippen molar-refractivity contribution in [1.82, 2.24) is 14.9 Å². The molecule has 0 saturated heterocycles. The molecule has 1 spiro atoms. The van der Waals surface area contributed by atoms with Gasteiger partial charge in [-0.25, -0.2) is 9.37 Å². The van der Waals surface area contributed by atoms with Crippen LogP contribution >= 0.6 is 0 Å². The maximum atomic E-state index is 13.2. The van der Waals surface area contributed by atoms with E-state index in [4.69, 9.17) is 0 Å². The van der Waals surface area contributed by atoms with E-state index in [-0.39, 0.29) is 5.82 Å². The maximum absolute atomic E-state index is 13.2. The maximum Gasteiger partial charge on any atom is 0.125 e. The number of H-pyrrole nitrogens is 1. The van der Waals surface area contributed by atoms with E-state index in [0.717, 1.165) is 41.2 Å². The lowest BCUT2D eigenvalue weighted by atomic mass is 9.80. The van der Waals surface area contributed by atoms with Crippen LogP contribution in [0.15, 0.2) is 18.2 Å². The Hall–Kier alpha value is -1.42. The summed E-state index contributed by atoms with van der Waals surface area (Å²) in [5.41, 5.74) is 2.40. The van der Waals surface area contributed by atoms with Crippen LogP contribution in [0.4, 0.5) is 4.39 Å². The van der Waals surface area contributed by atoms with Gasteiger partial charge in [0, 0.05) is 19.5 Å². The molecule has 0 unspecified atom stereocenters. The van der Waals surface area contributed by atoms with Gasteiger partial charge in [-0.1, -0.05) is 6.42 Å². The molecular formula is C17H22FN3. The van der Waals surface area contributed by atoms with Crippen molar-refractivity contribution in [2.45, 2.75) is 32.1 Å². The minimum Gasteiger partial charge on any atom is -0.342 e. The smallest absolute Gasteiger partial charge is 0.125 e. The summed E-state index contributed by atoms with van der Waals surface area (Å²) in [6.45, 7) is 2.23. The highest BCUT2D eigenvalue weighted by molar-refractivity contribution is 5.74. The number of aromatic amines is 1. The molecule has 112 valence electrons. The van der Waals surface area contributed by atoms with Crippen LogP contribution in [0.3, 0.4) is 0 Å². The summed E-state index contributed by atoms with van der Waals surface area (Å²) in [4.78, 5) is 10.2. The summed E-state index contributed by atoms with van der Waals surface area (Å²) in [6, 6.07) is 4.71. The molecule has 4 heteroatoms. The fraction of sp³-hybridized carbons (Fsp3) is 0.588. The van der Waals surface area contributed by atoms with Gasteiger partial charge in [0.2, 0.25) is 0 Å². The summed E-state index contributed by atoms with van der Waals surface area (Å²) in [7, 11) is 2.20.